The van der Waals surface area contributed by atoms with Crippen LogP contribution < -0.4 is 10.1 Å². The molecule has 0 aliphatic rings. The van der Waals surface area contributed by atoms with Crippen LogP contribution in [0, 0.1) is 5.92 Å². The van der Waals surface area contributed by atoms with Gasteiger partial charge in [0.2, 0.25) is 0 Å². The number of para-hydroxylation sites is 1. The van der Waals surface area contributed by atoms with Crippen LogP contribution in [0.1, 0.15) is 32.8 Å². The van der Waals surface area contributed by atoms with E-state index < -0.39 is 0 Å². The van der Waals surface area contributed by atoms with Crippen molar-refractivity contribution in [3.8, 4) is 5.75 Å². The summed E-state index contributed by atoms with van der Waals surface area (Å²) in [4.78, 5) is 0. The summed E-state index contributed by atoms with van der Waals surface area (Å²) in [5, 5.41) is 3.43. The van der Waals surface area contributed by atoms with Crippen molar-refractivity contribution in [1.29, 1.82) is 0 Å². The average Bonchev–Trinajstić information content (AvgIpc) is 2.35. The summed E-state index contributed by atoms with van der Waals surface area (Å²) < 4.78 is 5.58. The minimum absolute atomic E-state index is 0.709. The van der Waals surface area contributed by atoms with E-state index in [-0.39, 0.29) is 0 Å². The predicted molar refractivity (Wildman–Crippen MR) is 79.0 cm³/mol. The smallest absolute Gasteiger partial charge is 0.126 e. The summed E-state index contributed by atoms with van der Waals surface area (Å²) in [6.07, 6.45) is 5.39. The first-order valence-corrected chi connectivity index (χ1v) is 6.83. The molecule has 0 saturated carbocycles. The van der Waals surface area contributed by atoms with E-state index in [1.165, 1.54) is 0 Å². The van der Waals surface area contributed by atoms with E-state index in [4.69, 9.17) is 4.74 Å². The SMILES string of the molecule is CCOc1ccccc1C=CCCNCC(C)C. The lowest BCUT2D eigenvalue weighted by molar-refractivity contribution is 0.339. The molecule has 1 aromatic carbocycles. The van der Waals surface area contributed by atoms with E-state index in [9.17, 15) is 0 Å². The number of hydrogen-bond acceptors (Lipinski definition) is 2. The molecular weight excluding hydrogens is 222 g/mol. The molecule has 1 aromatic rings. The van der Waals surface area contributed by atoms with E-state index in [1.807, 2.05) is 25.1 Å². The van der Waals surface area contributed by atoms with Crippen LogP contribution in [0.25, 0.3) is 6.08 Å². The van der Waals surface area contributed by atoms with Crippen molar-refractivity contribution in [2.45, 2.75) is 27.2 Å². The van der Waals surface area contributed by atoms with E-state index in [2.05, 4.69) is 37.4 Å². The van der Waals surface area contributed by atoms with Crippen LogP contribution >= 0.6 is 0 Å². The van der Waals surface area contributed by atoms with Crippen molar-refractivity contribution in [3.05, 3.63) is 35.9 Å². The van der Waals surface area contributed by atoms with E-state index >= 15 is 0 Å². The fourth-order valence-corrected chi connectivity index (χ4v) is 1.69. The first-order valence-electron chi connectivity index (χ1n) is 6.83. The van der Waals surface area contributed by atoms with Gasteiger partial charge in [0.1, 0.15) is 5.75 Å². The van der Waals surface area contributed by atoms with E-state index in [0.717, 1.165) is 30.8 Å². The van der Waals surface area contributed by atoms with Gasteiger partial charge in [-0.25, -0.2) is 0 Å². The zero-order valence-electron chi connectivity index (χ0n) is 11.8. The van der Waals surface area contributed by atoms with Gasteiger partial charge < -0.3 is 10.1 Å². The molecule has 0 amide bonds. The molecule has 2 nitrogen and oxygen atoms in total. The van der Waals surface area contributed by atoms with Gasteiger partial charge in [0.05, 0.1) is 6.61 Å². The lowest BCUT2D eigenvalue weighted by Crippen LogP contribution is -2.20. The van der Waals surface area contributed by atoms with Crippen molar-refractivity contribution in [2.24, 2.45) is 5.92 Å². The number of hydrogen-bond donors (Lipinski definition) is 1. The van der Waals surface area contributed by atoms with Crippen LogP contribution in [0.15, 0.2) is 30.3 Å². The molecule has 1 rings (SSSR count). The Labute approximate surface area is 111 Å². The van der Waals surface area contributed by atoms with Gasteiger partial charge in [-0.1, -0.05) is 44.2 Å². The quantitative estimate of drug-likeness (QED) is 0.707. The summed E-state index contributed by atoms with van der Waals surface area (Å²) in [6, 6.07) is 8.15. The number of ether oxygens (including phenoxy) is 1. The van der Waals surface area contributed by atoms with Crippen molar-refractivity contribution in [1.82, 2.24) is 5.32 Å². The maximum atomic E-state index is 5.58. The monoisotopic (exact) mass is 247 g/mol. The third-order valence-corrected chi connectivity index (χ3v) is 2.56. The Balaban J connectivity index is 2.37. The van der Waals surface area contributed by atoms with Crippen molar-refractivity contribution < 1.29 is 4.74 Å². The molecule has 0 aromatic heterocycles. The second kappa shape index (κ2) is 8.76. The fourth-order valence-electron chi connectivity index (χ4n) is 1.69. The Morgan fingerprint density at radius 2 is 2.06 bits per heavy atom. The first-order chi connectivity index (χ1) is 8.74. The van der Waals surface area contributed by atoms with E-state index in [0.29, 0.717) is 12.5 Å². The minimum Gasteiger partial charge on any atom is -0.493 e. The summed E-state index contributed by atoms with van der Waals surface area (Å²) in [7, 11) is 0. The summed E-state index contributed by atoms with van der Waals surface area (Å²) >= 11 is 0. The molecule has 0 fully saturated rings. The van der Waals surface area contributed by atoms with Crippen LogP contribution in [0.2, 0.25) is 0 Å². The Bertz CT molecular complexity index is 358. The molecular formula is C16H25NO. The van der Waals surface area contributed by atoms with Gasteiger partial charge in [-0.15, -0.1) is 0 Å². The maximum absolute atomic E-state index is 5.58. The van der Waals surface area contributed by atoms with Crippen molar-refractivity contribution in [2.75, 3.05) is 19.7 Å². The van der Waals surface area contributed by atoms with Gasteiger partial charge in [-0.05, 0) is 38.4 Å². The molecule has 0 atom stereocenters. The molecule has 0 bridgehead atoms. The Kier molecular flexibility index (Phi) is 7.19. The number of rotatable bonds is 8. The van der Waals surface area contributed by atoms with Crippen molar-refractivity contribution in [3.63, 3.8) is 0 Å². The molecule has 0 spiro atoms. The largest absolute Gasteiger partial charge is 0.493 e. The molecule has 2 heteroatoms. The van der Waals surface area contributed by atoms with Crippen LogP contribution in [0.4, 0.5) is 0 Å². The first kappa shape index (κ1) is 14.8. The zero-order valence-corrected chi connectivity index (χ0v) is 11.8. The van der Waals surface area contributed by atoms with Gasteiger partial charge >= 0.3 is 0 Å². The average molecular weight is 247 g/mol. The molecule has 0 aliphatic carbocycles. The lowest BCUT2D eigenvalue weighted by atomic mass is 10.1. The summed E-state index contributed by atoms with van der Waals surface area (Å²) in [6.45, 7) is 9.29. The van der Waals surface area contributed by atoms with Crippen LogP contribution in [0.3, 0.4) is 0 Å². The predicted octanol–water partition coefficient (Wildman–Crippen LogP) is 3.73. The standard InChI is InChI=1S/C16H25NO/c1-4-18-16-11-6-5-9-15(16)10-7-8-12-17-13-14(2)3/h5-7,9-11,14,17H,4,8,12-13H2,1-3H3. The number of nitrogens with one attached hydrogen (secondary N) is 1. The normalized spacial score (nSPS) is 11.3. The van der Waals surface area contributed by atoms with Gasteiger partial charge in [-0.3, -0.25) is 0 Å². The minimum atomic E-state index is 0.709. The van der Waals surface area contributed by atoms with E-state index in [1.54, 1.807) is 0 Å². The van der Waals surface area contributed by atoms with Crippen LogP contribution in [-0.2, 0) is 0 Å². The second-order valence-corrected chi connectivity index (χ2v) is 4.76. The highest BCUT2D eigenvalue weighted by atomic mass is 16.5. The summed E-state index contributed by atoms with van der Waals surface area (Å²) in [5.74, 6) is 1.68. The lowest BCUT2D eigenvalue weighted by Gasteiger charge is -2.07. The second-order valence-electron chi connectivity index (χ2n) is 4.76. The fraction of sp³-hybridized carbons (Fsp3) is 0.500. The van der Waals surface area contributed by atoms with Gasteiger partial charge in [0, 0.05) is 5.56 Å². The van der Waals surface area contributed by atoms with Gasteiger partial charge in [0.15, 0.2) is 0 Å². The highest BCUT2D eigenvalue weighted by Crippen LogP contribution is 2.19. The maximum Gasteiger partial charge on any atom is 0.126 e. The number of benzene rings is 1. The van der Waals surface area contributed by atoms with Gasteiger partial charge in [-0.2, -0.15) is 0 Å². The van der Waals surface area contributed by atoms with Crippen molar-refractivity contribution >= 4 is 6.08 Å². The molecule has 0 aliphatic heterocycles. The molecule has 18 heavy (non-hydrogen) atoms. The summed E-state index contributed by atoms with van der Waals surface area (Å²) in [5.41, 5.74) is 1.16. The topological polar surface area (TPSA) is 21.3 Å². The van der Waals surface area contributed by atoms with Crippen LogP contribution in [0.5, 0.6) is 5.75 Å². The molecule has 0 heterocycles. The third kappa shape index (κ3) is 5.87. The Morgan fingerprint density at radius 3 is 2.78 bits per heavy atom. The van der Waals surface area contributed by atoms with Crippen LogP contribution in [-0.4, -0.2) is 19.7 Å². The molecule has 0 unspecified atom stereocenters. The molecule has 0 saturated heterocycles. The Morgan fingerprint density at radius 1 is 1.28 bits per heavy atom. The third-order valence-electron chi connectivity index (χ3n) is 2.56. The zero-order chi connectivity index (χ0) is 13.2. The molecule has 100 valence electrons. The Hall–Kier alpha value is -1.28. The highest BCUT2D eigenvalue weighted by molar-refractivity contribution is 5.57. The highest BCUT2D eigenvalue weighted by Gasteiger charge is 1.97. The molecule has 0 radical (unpaired) electrons. The van der Waals surface area contributed by atoms with Gasteiger partial charge in [0.25, 0.3) is 0 Å². The molecule has 1 N–H and O–H groups in total.